The van der Waals surface area contributed by atoms with Gasteiger partial charge in [0.25, 0.3) is 0 Å². The van der Waals surface area contributed by atoms with Gasteiger partial charge in [-0.1, -0.05) is 6.07 Å². The molecule has 2 aromatic heterocycles. The molecule has 3 aromatic rings. The van der Waals surface area contributed by atoms with Gasteiger partial charge in [-0.15, -0.1) is 24.0 Å². The standard InChI is InChI=1S/C10H6N2S3/c13-6-2-1-3-7-8(6)9(12-15-7)10-11-4-5-14-10/h1-5,13H. The predicted molar refractivity (Wildman–Crippen MR) is 68.0 cm³/mol. The van der Waals surface area contributed by atoms with Gasteiger partial charge in [0.15, 0.2) is 0 Å². The van der Waals surface area contributed by atoms with E-state index in [9.17, 15) is 0 Å². The number of aromatic nitrogens is 2. The molecule has 0 amide bonds. The van der Waals surface area contributed by atoms with Crippen LogP contribution in [-0.2, 0) is 0 Å². The number of fused-ring (bicyclic) bond motifs is 1. The van der Waals surface area contributed by atoms with E-state index in [1.54, 1.807) is 17.5 Å². The molecule has 0 fully saturated rings. The Kier molecular flexibility index (Phi) is 2.23. The molecule has 5 heteroatoms. The molecule has 74 valence electrons. The van der Waals surface area contributed by atoms with E-state index in [1.165, 1.54) is 11.5 Å². The summed E-state index contributed by atoms with van der Waals surface area (Å²) in [5.41, 5.74) is 0.954. The molecule has 0 N–H and O–H groups in total. The van der Waals surface area contributed by atoms with Crippen LogP contribution >= 0.6 is 35.5 Å². The lowest BCUT2D eigenvalue weighted by Crippen LogP contribution is -1.76. The molecule has 1 aromatic carbocycles. The van der Waals surface area contributed by atoms with Crippen molar-refractivity contribution >= 4 is 45.6 Å². The van der Waals surface area contributed by atoms with Gasteiger partial charge in [-0.05, 0) is 23.7 Å². The Hall–Kier alpha value is -0.910. The molecule has 0 aliphatic rings. The van der Waals surface area contributed by atoms with Gasteiger partial charge >= 0.3 is 0 Å². The molecule has 0 saturated carbocycles. The molecule has 2 heterocycles. The molecule has 15 heavy (non-hydrogen) atoms. The van der Waals surface area contributed by atoms with Crippen molar-refractivity contribution in [1.82, 2.24) is 9.36 Å². The second kappa shape index (κ2) is 3.59. The van der Waals surface area contributed by atoms with Crippen molar-refractivity contribution in [2.24, 2.45) is 0 Å². The zero-order valence-electron chi connectivity index (χ0n) is 7.54. The summed E-state index contributed by atoms with van der Waals surface area (Å²) in [5, 5.41) is 4.03. The normalized spacial score (nSPS) is 11.0. The topological polar surface area (TPSA) is 25.8 Å². The summed E-state index contributed by atoms with van der Waals surface area (Å²) < 4.78 is 5.60. The maximum Gasteiger partial charge on any atom is 0.143 e. The molecule has 2 nitrogen and oxygen atoms in total. The van der Waals surface area contributed by atoms with E-state index in [4.69, 9.17) is 0 Å². The molecular formula is C10H6N2S3. The number of rotatable bonds is 1. The van der Waals surface area contributed by atoms with E-state index in [2.05, 4.69) is 28.1 Å². The summed E-state index contributed by atoms with van der Waals surface area (Å²) in [4.78, 5) is 5.24. The number of hydrogen-bond donors (Lipinski definition) is 1. The third-order valence-corrected chi connectivity index (χ3v) is 4.07. The van der Waals surface area contributed by atoms with Gasteiger partial charge in [-0.25, -0.2) is 4.98 Å². The average molecular weight is 250 g/mol. The molecule has 0 bridgehead atoms. The van der Waals surface area contributed by atoms with Gasteiger partial charge in [0, 0.05) is 21.9 Å². The van der Waals surface area contributed by atoms with Crippen LogP contribution in [0.4, 0.5) is 0 Å². The van der Waals surface area contributed by atoms with Crippen LogP contribution in [0.15, 0.2) is 34.7 Å². The third-order valence-electron chi connectivity index (χ3n) is 2.11. The first-order valence-electron chi connectivity index (χ1n) is 4.33. The Bertz CT molecular complexity index is 598. The quantitative estimate of drug-likeness (QED) is 0.666. The number of hydrogen-bond acceptors (Lipinski definition) is 5. The summed E-state index contributed by atoms with van der Waals surface area (Å²) >= 11 is 7.56. The lowest BCUT2D eigenvalue weighted by molar-refractivity contribution is 1.39. The number of thiazole rings is 1. The highest BCUT2D eigenvalue weighted by Gasteiger charge is 2.12. The zero-order chi connectivity index (χ0) is 10.3. The lowest BCUT2D eigenvalue weighted by atomic mass is 10.2. The van der Waals surface area contributed by atoms with Crippen LogP contribution in [0.3, 0.4) is 0 Å². The summed E-state index contributed by atoms with van der Waals surface area (Å²) in [6.07, 6.45) is 1.80. The highest BCUT2D eigenvalue weighted by molar-refractivity contribution is 7.80. The Labute approximate surface area is 100 Å². The van der Waals surface area contributed by atoms with Crippen LogP contribution in [0.2, 0.25) is 0 Å². The number of nitrogens with zero attached hydrogens (tertiary/aromatic N) is 2. The molecule has 0 aliphatic heterocycles. The minimum Gasteiger partial charge on any atom is -0.243 e. The second-order valence-corrected chi connectivity index (χ2v) is 5.20. The molecule has 0 spiro atoms. The SMILES string of the molecule is Sc1cccc2snc(-c3nccs3)c12. The summed E-state index contributed by atoms with van der Waals surface area (Å²) in [6.45, 7) is 0. The Morgan fingerprint density at radius 1 is 1.27 bits per heavy atom. The first-order chi connectivity index (χ1) is 7.36. The molecule has 0 radical (unpaired) electrons. The molecule has 0 saturated heterocycles. The average Bonchev–Trinajstić information content (AvgIpc) is 2.85. The van der Waals surface area contributed by atoms with Crippen molar-refractivity contribution in [2.75, 3.05) is 0 Å². The van der Waals surface area contributed by atoms with Crippen molar-refractivity contribution in [3.05, 3.63) is 29.8 Å². The maximum absolute atomic E-state index is 4.46. The van der Waals surface area contributed by atoms with E-state index in [1.807, 2.05) is 17.5 Å². The van der Waals surface area contributed by atoms with Gasteiger partial charge in [0.05, 0.1) is 4.70 Å². The second-order valence-electron chi connectivity index (χ2n) is 3.02. The first-order valence-corrected chi connectivity index (χ1v) is 6.43. The van der Waals surface area contributed by atoms with Gasteiger partial charge in [-0.2, -0.15) is 4.37 Å². The first kappa shape index (κ1) is 9.33. The Morgan fingerprint density at radius 2 is 2.20 bits per heavy atom. The van der Waals surface area contributed by atoms with Crippen molar-refractivity contribution in [3.8, 4) is 10.7 Å². The van der Waals surface area contributed by atoms with Crippen molar-refractivity contribution in [1.29, 1.82) is 0 Å². The largest absolute Gasteiger partial charge is 0.243 e. The van der Waals surface area contributed by atoms with Gasteiger partial charge in [0.2, 0.25) is 0 Å². The van der Waals surface area contributed by atoms with Crippen molar-refractivity contribution in [2.45, 2.75) is 4.90 Å². The van der Waals surface area contributed by atoms with E-state index in [0.717, 1.165) is 25.7 Å². The third kappa shape index (κ3) is 1.47. The fourth-order valence-electron chi connectivity index (χ4n) is 1.46. The molecule has 0 aliphatic carbocycles. The van der Waals surface area contributed by atoms with E-state index >= 15 is 0 Å². The monoisotopic (exact) mass is 250 g/mol. The molecule has 3 rings (SSSR count). The van der Waals surface area contributed by atoms with Gasteiger partial charge in [-0.3, -0.25) is 0 Å². The lowest BCUT2D eigenvalue weighted by Gasteiger charge is -1.95. The van der Waals surface area contributed by atoms with Crippen molar-refractivity contribution < 1.29 is 0 Å². The van der Waals surface area contributed by atoms with Crippen molar-refractivity contribution in [3.63, 3.8) is 0 Å². The van der Waals surface area contributed by atoms with Crippen LogP contribution in [0.5, 0.6) is 0 Å². The molecular weight excluding hydrogens is 244 g/mol. The summed E-state index contributed by atoms with van der Waals surface area (Å²) in [5.74, 6) is 0. The van der Waals surface area contributed by atoms with Crippen LogP contribution in [0, 0.1) is 0 Å². The van der Waals surface area contributed by atoms with E-state index in [-0.39, 0.29) is 0 Å². The Balaban J connectivity index is 2.37. The number of benzene rings is 1. The molecule has 0 atom stereocenters. The molecule has 0 unspecified atom stereocenters. The highest BCUT2D eigenvalue weighted by atomic mass is 32.1. The van der Waals surface area contributed by atoms with E-state index in [0.29, 0.717) is 0 Å². The summed E-state index contributed by atoms with van der Waals surface area (Å²) in [6, 6.07) is 6.04. The fourth-order valence-corrected chi connectivity index (χ4v) is 3.34. The van der Waals surface area contributed by atoms with E-state index < -0.39 is 0 Å². The highest BCUT2D eigenvalue weighted by Crippen LogP contribution is 2.35. The minimum absolute atomic E-state index is 0.954. The van der Waals surface area contributed by atoms with Crippen LogP contribution < -0.4 is 0 Å². The van der Waals surface area contributed by atoms with Crippen LogP contribution in [0.1, 0.15) is 0 Å². The fraction of sp³-hybridized carbons (Fsp3) is 0. The maximum atomic E-state index is 4.46. The van der Waals surface area contributed by atoms with Gasteiger partial charge < -0.3 is 0 Å². The number of thiol groups is 1. The van der Waals surface area contributed by atoms with Gasteiger partial charge in [0.1, 0.15) is 10.7 Å². The minimum atomic E-state index is 0.954. The Morgan fingerprint density at radius 3 is 3.00 bits per heavy atom. The predicted octanol–water partition coefficient (Wildman–Crippen LogP) is 3.71. The van der Waals surface area contributed by atoms with Crippen LogP contribution in [0.25, 0.3) is 20.8 Å². The smallest absolute Gasteiger partial charge is 0.143 e. The van der Waals surface area contributed by atoms with Crippen LogP contribution in [-0.4, -0.2) is 9.36 Å². The zero-order valence-corrected chi connectivity index (χ0v) is 10.1. The summed E-state index contributed by atoms with van der Waals surface area (Å²) in [7, 11) is 0.